The number of β-amino-alcohol motifs (C(OH)–C–C–N with tert-alkyl or cyclic N) is 1. The Labute approximate surface area is 77.4 Å². The Morgan fingerprint density at radius 1 is 1.50 bits per heavy atom. The van der Waals surface area contributed by atoms with Gasteiger partial charge in [-0.1, -0.05) is 0 Å². The monoisotopic (exact) mass is 369 g/mol. The second-order valence-electron chi connectivity index (χ2n) is 1.69. The first kappa shape index (κ1) is 13.7. The van der Waals surface area contributed by atoms with Crippen LogP contribution in [0.3, 0.4) is 0 Å². The van der Waals surface area contributed by atoms with E-state index in [1.807, 2.05) is 0 Å². The van der Waals surface area contributed by atoms with Crippen molar-refractivity contribution in [2.24, 2.45) is 0 Å². The van der Waals surface area contributed by atoms with Gasteiger partial charge in [-0.2, -0.15) is 0 Å². The van der Waals surface area contributed by atoms with Crippen LogP contribution in [0.1, 0.15) is 6.42 Å². The first-order chi connectivity index (χ1) is 4.31. The molecular weight excluding hydrogens is 358 g/mol. The predicted octanol–water partition coefficient (Wildman–Crippen LogP) is 0.879. The van der Waals surface area contributed by atoms with Gasteiger partial charge in [-0.3, -0.25) is 0 Å². The first-order valence-electron chi connectivity index (χ1n) is 2.52. The normalized spacial score (nSPS) is 22.9. The number of hydrogen-bond donors (Lipinski definition) is 3. The van der Waals surface area contributed by atoms with Gasteiger partial charge < -0.3 is 16.6 Å². The average Bonchev–Trinajstić information content (AvgIpc) is 2.20. The SMILES string of the molecule is N.OC1CCNC1.[Cl][Pt][Cl]. The molecule has 1 saturated heterocycles. The topological polar surface area (TPSA) is 67.3 Å². The molecule has 0 saturated carbocycles. The van der Waals surface area contributed by atoms with Gasteiger partial charge in [-0.15, -0.1) is 0 Å². The van der Waals surface area contributed by atoms with Gasteiger partial charge in [0.05, 0.1) is 6.10 Å². The summed E-state index contributed by atoms with van der Waals surface area (Å²) in [5, 5.41) is 11.7. The van der Waals surface area contributed by atoms with Crippen molar-refractivity contribution in [3.63, 3.8) is 0 Å². The van der Waals surface area contributed by atoms with Gasteiger partial charge in [0.1, 0.15) is 0 Å². The summed E-state index contributed by atoms with van der Waals surface area (Å²) in [6.07, 6.45) is 0.866. The van der Waals surface area contributed by atoms with Crippen molar-refractivity contribution in [1.29, 1.82) is 0 Å². The van der Waals surface area contributed by atoms with Crippen LogP contribution in [-0.2, 0) is 16.5 Å². The second-order valence-corrected chi connectivity index (χ2v) is 4.97. The summed E-state index contributed by atoms with van der Waals surface area (Å²) in [5.74, 6) is 0. The second kappa shape index (κ2) is 10.1. The van der Waals surface area contributed by atoms with E-state index in [1.54, 1.807) is 0 Å². The number of rotatable bonds is 0. The van der Waals surface area contributed by atoms with Gasteiger partial charge in [-0.25, -0.2) is 0 Å². The molecule has 0 spiro atoms. The molecule has 10 heavy (non-hydrogen) atoms. The van der Waals surface area contributed by atoms with E-state index in [0.29, 0.717) is 0 Å². The van der Waals surface area contributed by atoms with E-state index >= 15 is 0 Å². The Balaban J connectivity index is 0. The Morgan fingerprint density at radius 3 is 2.10 bits per heavy atom. The molecule has 1 unspecified atom stereocenters. The van der Waals surface area contributed by atoms with Crippen molar-refractivity contribution in [1.82, 2.24) is 11.5 Å². The maximum absolute atomic E-state index is 8.67. The minimum absolute atomic E-state index is 0. The predicted molar refractivity (Wildman–Crippen MR) is 40.2 cm³/mol. The fraction of sp³-hybridized carbons (Fsp3) is 1.00. The van der Waals surface area contributed by atoms with E-state index in [2.05, 4.69) is 5.32 Å². The Hall–Kier alpha value is 1.15. The van der Waals surface area contributed by atoms with Crippen LogP contribution >= 0.6 is 18.8 Å². The summed E-state index contributed by atoms with van der Waals surface area (Å²) in [7, 11) is 9.75. The maximum atomic E-state index is 8.67. The van der Waals surface area contributed by atoms with Crippen molar-refractivity contribution in [2.45, 2.75) is 12.5 Å². The summed E-state index contributed by atoms with van der Waals surface area (Å²) in [5.41, 5.74) is 0. The molecule has 3 nitrogen and oxygen atoms in total. The molecule has 0 amide bonds. The summed E-state index contributed by atoms with van der Waals surface area (Å²) >= 11 is -0.472. The third kappa shape index (κ3) is 9.15. The van der Waals surface area contributed by atoms with E-state index in [0.717, 1.165) is 19.5 Å². The fourth-order valence-corrected chi connectivity index (χ4v) is 0.639. The van der Waals surface area contributed by atoms with Crippen molar-refractivity contribution < 1.29 is 21.6 Å². The van der Waals surface area contributed by atoms with Crippen molar-refractivity contribution in [3.8, 4) is 0 Å². The van der Waals surface area contributed by atoms with Crippen molar-refractivity contribution >= 4 is 18.8 Å². The summed E-state index contributed by atoms with van der Waals surface area (Å²) < 4.78 is 0. The van der Waals surface area contributed by atoms with E-state index in [1.165, 1.54) is 0 Å². The van der Waals surface area contributed by atoms with Gasteiger partial charge in [0.15, 0.2) is 0 Å². The molecule has 5 N–H and O–H groups in total. The van der Waals surface area contributed by atoms with Crippen molar-refractivity contribution in [2.75, 3.05) is 13.1 Å². The number of aliphatic hydroxyl groups is 1. The minimum atomic E-state index is -0.472. The third-order valence-electron chi connectivity index (χ3n) is 1.03. The molecule has 0 aromatic rings. The molecule has 0 bridgehead atoms. The van der Waals surface area contributed by atoms with Crippen LogP contribution in [0, 0.1) is 0 Å². The zero-order chi connectivity index (χ0) is 7.11. The average molecular weight is 370 g/mol. The molecular formula is C4H12Cl2N2OPt. The van der Waals surface area contributed by atoms with E-state index in [-0.39, 0.29) is 12.3 Å². The zero-order valence-electron chi connectivity index (χ0n) is 5.43. The fourth-order valence-electron chi connectivity index (χ4n) is 0.639. The summed E-state index contributed by atoms with van der Waals surface area (Å²) in [6.45, 7) is 1.78. The quantitative estimate of drug-likeness (QED) is 0.593. The molecule has 1 aliphatic heterocycles. The van der Waals surface area contributed by atoms with Crippen LogP contribution in [0.15, 0.2) is 0 Å². The van der Waals surface area contributed by atoms with Gasteiger partial charge in [0.25, 0.3) is 0 Å². The van der Waals surface area contributed by atoms with E-state index in [9.17, 15) is 0 Å². The van der Waals surface area contributed by atoms with Gasteiger partial charge in [0.2, 0.25) is 0 Å². The van der Waals surface area contributed by atoms with Crippen LogP contribution in [0.2, 0.25) is 0 Å². The summed E-state index contributed by atoms with van der Waals surface area (Å²) in [4.78, 5) is 0. The molecule has 68 valence electrons. The van der Waals surface area contributed by atoms with Crippen LogP contribution in [0.4, 0.5) is 0 Å². The zero-order valence-corrected chi connectivity index (χ0v) is 9.21. The number of halogens is 2. The Bertz CT molecular complexity index is 63.2. The first-order valence-corrected chi connectivity index (χ1v) is 8.15. The van der Waals surface area contributed by atoms with Gasteiger partial charge >= 0.3 is 35.3 Å². The number of hydrogen-bond acceptors (Lipinski definition) is 3. The van der Waals surface area contributed by atoms with Crippen LogP contribution < -0.4 is 11.5 Å². The molecule has 0 aromatic carbocycles. The van der Waals surface area contributed by atoms with Gasteiger partial charge in [-0.05, 0) is 13.0 Å². The molecule has 1 heterocycles. The number of nitrogens with one attached hydrogen (secondary N) is 1. The molecule has 1 rings (SSSR count). The molecule has 1 aliphatic rings. The molecule has 0 aliphatic carbocycles. The van der Waals surface area contributed by atoms with Crippen LogP contribution in [-0.4, -0.2) is 24.3 Å². The van der Waals surface area contributed by atoms with Crippen LogP contribution in [0.5, 0.6) is 0 Å². The molecule has 0 radical (unpaired) electrons. The Kier molecular flexibility index (Phi) is 13.9. The van der Waals surface area contributed by atoms with Gasteiger partial charge in [0, 0.05) is 6.54 Å². The molecule has 1 fully saturated rings. The van der Waals surface area contributed by atoms with Crippen LogP contribution in [0.25, 0.3) is 0 Å². The Morgan fingerprint density at radius 2 is 2.00 bits per heavy atom. The van der Waals surface area contributed by atoms with Crippen molar-refractivity contribution in [3.05, 3.63) is 0 Å². The van der Waals surface area contributed by atoms with E-state index < -0.39 is 16.5 Å². The molecule has 0 aromatic heterocycles. The molecule has 6 heteroatoms. The van der Waals surface area contributed by atoms with E-state index in [4.69, 9.17) is 23.9 Å². The number of aliphatic hydroxyl groups excluding tert-OH is 1. The third-order valence-corrected chi connectivity index (χ3v) is 1.03. The molecule has 1 atom stereocenters. The standard InChI is InChI=1S/C4H9NO.2ClH.H3N.Pt/c6-4-1-2-5-3-4;;;;/h4-6H,1-3H2;2*1H;1H3;/q;;;;+2/p-2. The summed E-state index contributed by atoms with van der Waals surface area (Å²) in [6, 6.07) is 0.